The molecule has 1 atom stereocenters. The van der Waals surface area contributed by atoms with Crippen LogP contribution in [0.25, 0.3) is 0 Å². The number of hydrogen-bond acceptors (Lipinski definition) is 4. The zero-order chi connectivity index (χ0) is 15.5. The van der Waals surface area contributed by atoms with Gasteiger partial charge in [0.25, 0.3) is 0 Å². The summed E-state index contributed by atoms with van der Waals surface area (Å²) in [5.74, 6) is -3.03. The lowest BCUT2D eigenvalue weighted by Crippen LogP contribution is -2.37. The molecule has 0 spiro atoms. The van der Waals surface area contributed by atoms with Crippen LogP contribution in [0.15, 0.2) is 17.0 Å². The van der Waals surface area contributed by atoms with E-state index in [2.05, 4.69) is 4.72 Å². The minimum Gasteiger partial charge on any atom is -0.478 e. The van der Waals surface area contributed by atoms with Crippen LogP contribution < -0.4 is 4.72 Å². The van der Waals surface area contributed by atoms with E-state index < -0.39 is 44.9 Å². The largest absolute Gasteiger partial charge is 0.478 e. The number of carboxylic acids is 1. The van der Waals surface area contributed by atoms with Crippen molar-refractivity contribution in [3.05, 3.63) is 28.5 Å². The third kappa shape index (κ3) is 3.66. The van der Waals surface area contributed by atoms with Gasteiger partial charge in [-0.05, 0) is 18.6 Å². The molecule has 0 aliphatic rings. The number of sulfonamides is 1. The van der Waals surface area contributed by atoms with E-state index in [1.54, 1.807) is 6.92 Å². The third-order valence-electron chi connectivity index (χ3n) is 2.56. The Morgan fingerprint density at radius 3 is 2.55 bits per heavy atom. The van der Waals surface area contributed by atoms with Crippen molar-refractivity contribution in [1.82, 2.24) is 4.72 Å². The number of carbonyl (C=O) groups is 1. The first kappa shape index (κ1) is 16.8. The number of hydrogen-bond donors (Lipinski definition) is 3. The Kier molecular flexibility index (Phi) is 5.46. The summed E-state index contributed by atoms with van der Waals surface area (Å²) in [4.78, 5) is 9.97. The van der Waals surface area contributed by atoms with Gasteiger partial charge in [0, 0.05) is 11.1 Å². The van der Waals surface area contributed by atoms with E-state index in [-0.39, 0.29) is 11.4 Å². The quantitative estimate of drug-likeness (QED) is 0.729. The van der Waals surface area contributed by atoms with Gasteiger partial charge in [0.2, 0.25) is 10.0 Å². The molecule has 0 aliphatic carbocycles. The standard InChI is InChI=1S/C11H13ClFNO5S/c1-2-7(5-15)14-20(18,19)9-4-6(12)3-8(10(9)13)11(16)17/h3-4,7,14-15H,2,5H2,1H3,(H,16,17). The second-order valence-corrected chi connectivity index (χ2v) is 6.10. The first-order chi connectivity index (χ1) is 9.22. The predicted octanol–water partition coefficient (Wildman–Crippen LogP) is 1.23. The number of aromatic carboxylic acids is 1. The maximum Gasteiger partial charge on any atom is 0.338 e. The summed E-state index contributed by atoms with van der Waals surface area (Å²) in [6.07, 6.45) is 0.281. The lowest BCUT2D eigenvalue weighted by atomic mass is 10.2. The number of halogens is 2. The van der Waals surface area contributed by atoms with Gasteiger partial charge in [-0.1, -0.05) is 18.5 Å². The van der Waals surface area contributed by atoms with Gasteiger partial charge in [0.05, 0.1) is 12.2 Å². The number of aliphatic hydroxyl groups excluding tert-OH is 1. The number of rotatable bonds is 6. The highest BCUT2D eigenvalue weighted by atomic mass is 35.5. The van der Waals surface area contributed by atoms with Gasteiger partial charge in [0.1, 0.15) is 4.90 Å². The van der Waals surface area contributed by atoms with E-state index in [9.17, 15) is 17.6 Å². The highest BCUT2D eigenvalue weighted by Gasteiger charge is 2.26. The van der Waals surface area contributed by atoms with Crippen molar-refractivity contribution in [3.8, 4) is 0 Å². The van der Waals surface area contributed by atoms with E-state index in [4.69, 9.17) is 21.8 Å². The Balaban J connectivity index is 3.35. The van der Waals surface area contributed by atoms with Crippen molar-refractivity contribution in [2.24, 2.45) is 0 Å². The highest BCUT2D eigenvalue weighted by Crippen LogP contribution is 2.24. The van der Waals surface area contributed by atoms with Crippen LogP contribution in [0.3, 0.4) is 0 Å². The van der Waals surface area contributed by atoms with Crippen LogP contribution in [0, 0.1) is 5.82 Å². The summed E-state index contributed by atoms with van der Waals surface area (Å²) in [6, 6.07) is 0.837. The summed E-state index contributed by atoms with van der Waals surface area (Å²) >= 11 is 5.60. The number of aliphatic hydroxyl groups is 1. The van der Waals surface area contributed by atoms with E-state index in [0.29, 0.717) is 0 Å². The second kappa shape index (κ2) is 6.49. The van der Waals surface area contributed by atoms with Crippen molar-refractivity contribution in [1.29, 1.82) is 0 Å². The van der Waals surface area contributed by atoms with E-state index in [1.807, 2.05) is 0 Å². The smallest absolute Gasteiger partial charge is 0.338 e. The van der Waals surface area contributed by atoms with Crippen LogP contribution in [-0.2, 0) is 10.0 Å². The van der Waals surface area contributed by atoms with Crippen LogP contribution in [0.2, 0.25) is 5.02 Å². The normalized spacial score (nSPS) is 13.2. The molecule has 0 heterocycles. The summed E-state index contributed by atoms with van der Waals surface area (Å²) in [7, 11) is -4.33. The Morgan fingerprint density at radius 1 is 1.50 bits per heavy atom. The maximum atomic E-state index is 13.9. The monoisotopic (exact) mass is 325 g/mol. The number of nitrogens with one attached hydrogen (secondary N) is 1. The fraction of sp³-hybridized carbons (Fsp3) is 0.364. The topological polar surface area (TPSA) is 104 Å². The van der Waals surface area contributed by atoms with Gasteiger partial charge in [-0.15, -0.1) is 0 Å². The van der Waals surface area contributed by atoms with Crippen molar-refractivity contribution in [2.45, 2.75) is 24.3 Å². The van der Waals surface area contributed by atoms with Gasteiger partial charge in [-0.3, -0.25) is 0 Å². The summed E-state index contributed by atoms with van der Waals surface area (Å²) in [5.41, 5.74) is -0.838. The third-order valence-corrected chi connectivity index (χ3v) is 4.30. The molecule has 0 saturated heterocycles. The SMILES string of the molecule is CCC(CO)NS(=O)(=O)c1cc(Cl)cc(C(=O)O)c1F. The molecule has 1 unspecified atom stereocenters. The van der Waals surface area contributed by atoms with Gasteiger partial charge >= 0.3 is 5.97 Å². The lowest BCUT2D eigenvalue weighted by Gasteiger charge is -2.15. The molecule has 9 heteroatoms. The van der Waals surface area contributed by atoms with Crippen LogP contribution in [0.5, 0.6) is 0 Å². The summed E-state index contributed by atoms with van der Waals surface area (Å²) in [5, 5.41) is 17.5. The van der Waals surface area contributed by atoms with Gasteiger partial charge < -0.3 is 10.2 Å². The number of benzene rings is 1. The number of carboxylic acid groups (broad SMARTS) is 1. The Labute approximate surface area is 120 Å². The van der Waals surface area contributed by atoms with Crippen LogP contribution >= 0.6 is 11.6 Å². The van der Waals surface area contributed by atoms with Gasteiger partial charge in [-0.2, -0.15) is 0 Å². The zero-order valence-corrected chi connectivity index (χ0v) is 12.0. The predicted molar refractivity (Wildman–Crippen MR) is 69.9 cm³/mol. The molecular weight excluding hydrogens is 313 g/mol. The van der Waals surface area contributed by atoms with Crippen molar-refractivity contribution >= 4 is 27.6 Å². The van der Waals surface area contributed by atoms with Crippen molar-refractivity contribution in [2.75, 3.05) is 6.61 Å². The van der Waals surface area contributed by atoms with Crippen LogP contribution in [-0.4, -0.2) is 37.2 Å². The molecule has 3 N–H and O–H groups in total. The molecule has 1 rings (SSSR count). The molecule has 0 saturated carbocycles. The van der Waals surface area contributed by atoms with E-state index in [0.717, 1.165) is 12.1 Å². The van der Waals surface area contributed by atoms with Gasteiger partial charge in [0.15, 0.2) is 5.82 Å². The van der Waals surface area contributed by atoms with Crippen LogP contribution in [0.1, 0.15) is 23.7 Å². The molecule has 20 heavy (non-hydrogen) atoms. The van der Waals surface area contributed by atoms with Crippen LogP contribution in [0.4, 0.5) is 4.39 Å². The van der Waals surface area contributed by atoms with E-state index >= 15 is 0 Å². The highest BCUT2D eigenvalue weighted by molar-refractivity contribution is 7.89. The maximum absolute atomic E-state index is 13.9. The first-order valence-corrected chi connectivity index (χ1v) is 7.44. The molecular formula is C11H13ClFNO5S. The molecule has 0 radical (unpaired) electrons. The molecule has 0 amide bonds. The molecule has 0 bridgehead atoms. The first-order valence-electron chi connectivity index (χ1n) is 5.58. The average Bonchev–Trinajstić information content (AvgIpc) is 2.37. The molecule has 1 aromatic rings. The fourth-order valence-electron chi connectivity index (χ4n) is 1.45. The summed E-state index contributed by atoms with van der Waals surface area (Å²) < 4.78 is 40.0. The fourth-order valence-corrected chi connectivity index (χ4v) is 3.17. The second-order valence-electron chi connectivity index (χ2n) is 3.98. The molecule has 112 valence electrons. The van der Waals surface area contributed by atoms with Crippen molar-refractivity contribution < 1.29 is 27.8 Å². The zero-order valence-electron chi connectivity index (χ0n) is 10.4. The van der Waals surface area contributed by atoms with E-state index in [1.165, 1.54) is 0 Å². The molecule has 1 aromatic carbocycles. The minimum absolute atomic E-state index is 0.221. The molecule has 0 aromatic heterocycles. The Morgan fingerprint density at radius 2 is 2.10 bits per heavy atom. The van der Waals surface area contributed by atoms with Gasteiger partial charge in [-0.25, -0.2) is 22.3 Å². The van der Waals surface area contributed by atoms with Crippen molar-refractivity contribution in [3.63, 3.8) is 0 Å². The minimum atomic E-state index is -4.33. The lowest BCUT2D eigenvalue weighted by molar-refractivity contribution is 0.0691. The Hall–Kier alpha value is -1.22. The average molecular weight is 326 g/mol. The summed E-state index contributed by atoms with van der Waals surface area (Å²) in [6.45, 7) is 1.16. The molecule has 0 fully saturated rings. The molecule has 6 nitrogen and oxygen atoms in total. The Bertz CT molecular complexity index is 615. The molecule has 0 aliphatic heterocycles.